The zero-order valence-corrected chi connectivity index (χ0v) is 25.3. The highest BCUT2D eigenvalue weighted by Crippen LogP contribution is 2.21. The van der Waals surface area contributed by atoms with Crippen LogP contribution in [-0.2, 0) is 25.5 Å². The standard InChI is InChI=1S/C31H40N8O5/c1-23-21-24(2)39-10-7-27(30(39)33-23)31(41)34-26-5-3-25(4-6-26)28-22-38(36-35-28)14-18-44-20-19-42-15-8-29(40)32-9-11-37-12-16-43-17-13-37/h3-7,10,21-22H,8-9,11-20H2,1-2H3,(H,32,40)(H,34,41). The Hall–Kier alpha value is -4.17. The monoisotopic (exact) mass is 604 g/mol. The van der Waals surface area contributed by atoms with E-state index in [0.717, 1.165) is 55.5 Å². The number of carbonyl (C=O) groups excluding carboxylic acids is 2. The first-order chi connectivity index (χ1) is 21.5. The van der Waals surface area contributed by atoms with E-state index >= 15 is 0 Å². The predicted molar refractivity (Wildman–Crippen MR) is 165 cm³/mol. The van der Waals surface area contributed by atoms with E-state index in [-0.39, 0.29) is 11.8 Å². The van der Waals surface area contributed by atoms with Gasteiger partial charge in [0.2, 0.25) is 5.91 Å². The SMILES string of the molecule is Cc1cc(C)n2ccc(C(=O)Nc3ccc(-c4cn(CCOCCOCCC(=O)NCCN5CCOCC5)nn4)cc3)c2n1. The zero-order valence-electron chi connectivity index (χ0n) is 25.3. The summed E-state index contributed by atoms with van der Waals surface area (Å²) < 4.78 is 20.1. The molecule has 1 saturated heterocycles. The Morgan fingerprint density at radius 3 is 2.55 bits per heavy atom. The second-order valence-corrected chi connectivity index (χ2v) is 10.6. The smallest absolute Gasteiger partial charge is 0.259 e. The number of rotatable bonds is 15. The topological polar surface area (TPSA) is 137 Å². The number of ether oxygens (including phenoxy) is 3. The third-order valence-corrected chi connectivity index (χ3v) is 7.33. The van der Waals surface area contributed by atoms with Crippen LogP contribution in [0.1, 0.15) is 28.2 Å². The Bertz CT molecular complexity index is 1530. The van der Waals surface area contributed by atoms with Crippen LogP contribution in [0, 0.1) is 13.8 Å². The van der Waals surface area contributed by atoms with Crippen molar-refractivity contribution in [2.75, 3.05) is 71.1 Å². The van der Waals surface area contributed by atoms with Crippen molar-refractivity contribution in [1.29, 1.82) is 0 Å². The van der Waals surface area contributed by atoms with Crippen molar-refractivity contribution in [3.05, 3.63) is 65.7 Å². The van der Waals surface area contributed by atoms with Crippen molar-refractivity contribution < 1.29 is 23.8 Å². The maximum Gasteiger partial charge on any atom is 0.259 e. The van der Waals surface area contributed by atoms with Crippen molar-refractivity contribution in [2.45, 2.75) is 26.8 Å². The molecule has 1 aliphatic heterocycles. The van der Waals surface area contributed by atoms with Crippen LogP contribution in [0.15, 0.2) is 48.8 Å². The molecule has 0 unspecified atom stereocenters. The fraction of sp³-hybridized carbons (Fsp3) is 0.452. The van der Waals surface area contributed by atoms with Gasteiger partial charge in [-0.3, -0.25) is 14.5 Å². The Balaban J connectivity index is 0.961. The number of hydrogen-bond acceptors (Lipinski definition) is 9. The van der Waals surface area contributed by atoms with Gasteiger partial charge in [0.25, 0.3) is 5.91 Å². The molecule has 2 N–H and O–H groups in total. The van der Waals surface area contributed by atoms with Gasteiger partial charge in [0.1, 0.15) is 11.3 Å². The molecule has 234 valence electrons. The number of morpholine rings is 1. The minimum atomic E-state index is -0.213. The van der Waals surface area contributed by atoms with Gasteiger partial charge in [0, 0.05) is 61.4 Å². The molecule has 3 aromatic heterocycles. The molecule has 4 aromatic rings. The summed E-state index contributed by atoms with van der Waals surface area (Å²) in [5.41, 5.74) is 5.34. The summed E-state index contributed by atoms with van der Waals surface area (Å²) in [7, 11) is 0. The lowest BCUT2D eigenvalue weighted by atomic mass is 10.1. The number of anilines is 1. The van der Waals surface area contributed by atoms with Crippen LogP contribution in [0.3, 0.4) is 0 Å². The Kier molecular flexibility index (Phi) is 11.0. The molecule has 0 aliphatic carbocycles. The molecule has 0 bridgehead atoms. The second-order valence-electron chi connectivity index (χ2n) is 10.6. The Morgan fingerprint density at radius 2 is 1.75 bits per heavy atom. The second kappa shape index (κ2) is 15.5. The summed E-state index contributed by atoms with van der Waals surface area (Å²) in [4.78, 5) is 31.7. The molecule has 1 aromatic carbocycles. The van der Waals surface area contributed by atoms with Crippen molar-refractivity contribution in [3.63, 3.8) is 0 Å². The minimum absolute atomic E-state index is 0.00548. The number of fused-ring (bicyclic) bond motifs is 1. The van der Waals surface area contributed by atoms with Gasteiger partial charge in [-0.2, -0.15) is 0 Å². The molecular weight excluding hydrogens is 564 g/mol. The molecule has 13 heteroatoms. The lowest BCUT2D eigenvalue weighted by Gasteiger charge is -2.26. The molecule has 44 heavy (non-hydrogen) atoms. The molecule has 0 atom stereocenters. The molecule has 13 nitrogen and oxygen atoms in total. The highest BCUT2D eigenvalue weighted by atomic mass is 16.5. The molecule has 0 saturated carbocycles. The fourth-order valence-corrected chi connectivity index (χ4v) is 4.95. The molecule has 5 rings (SSSR count). The first-order valence-corrected chi connectivity index (χ1v) is 15.0. The van der Waals surface area contributed by atoms with Gasteiger partial charge in [-0.1, -0.05) is 17.3 Å². The number of aryl methyl sites for hydroxylation is 2. The minimum Gasteiger partial charge on any atom is -0.379 e. The van der Waals surface area contributed by atoms with E-state index in [4.69, 9.17) is 14.2 Å². The van der Waals surface area contributed by atoms with Gasteiger partial charge in [0.15, 0.2) is 0 Å². The molecule has 2 amide bonds. The van der Waals surface area contributed by atoms with Gasteiger partial charge in [-0.05, 0) is 38.1 Å². The van der Waals surface area contributed by atoms with Crippen LogP contribution in [0.4, 0.5) is 5.69 Å². The number of aromatic nitrogens is 5. The number of carbonyl (C=O) groups is 2. The van der Waals surface area contributed by atoms with Crippen molar-refractivity contribution in [2.24, 2.45) is 0 Å². The summed E-state index contributed by atoms with van der Waals surface area (Å²) in [5, 5.41) is 14.3. The Morgan fingerprint density at radius 1 is 0.977 bits per heavy atom. The molecule has 1 aliphatic rings. The highest BCUT2D eigenvalue weighted by molar-refractivity contribution is 6.08. The van der Waals surface area contributed by atoms with Crippen LogP contribution in [0.2, 0.25) is 0 Å². The predicted octanol–water partition coefficient (Wildman–Crippen LogP) is 2.33. The van der Waals surface area contributed by atoms with Gasteiger partial charge >= 0.3 is 0 Å². The fourth-order valence-electron chi connectivity index (χ4n) is 4.95. The van der Waals surface area contributed by atoms with E-state index in [2.05, 4.69) is 30.8 Å². The average Bonchev–Trinajstić information content (AvgIpc) is 3.67. The number of nitrogens with one attached hydrogen (secondary N) is 2. The van der Waals surface area contributed by atoms with Crippen LogP contribution >= 0.6 is 0 Å². The quantitative estimate of drug-likeness (QED) is 0.196. The van der Waals surface area contributed by atoms with E-state index in [9.17, 15) is 9.59 Å². The van der Waals surface area contributed by atoms with Gasteiger partial charge in [0.05, 0.1) is 57.9 Å². The summed E-state index contributed by atoms with van der Waals surface area (Å²) in [6.07, 6.45) is 4.05. The maximum atomic E-state index is 12.9. The van der Waals surface area contributed by atoms with Crippen molar-refractivity contribution in [3.8, 4) is 11.3 Å². The largest absolute Gasteiger partial charge is 0.379 e. The van der Waals surface area contributed by atoms with Crippen molar-refractivity contribution in [1.82, 2.24) is 34.6 Å². The van der Waals surface area contributed by atoms with E-state index in [1.54, 1.807) is 10.7 Å². The van der Waals surface area contributed by atoms with Gasteiger partial charge in [-0.15, -0.1) is 5.10 Å². The first kappa shape index (κ1) is 31.3. The number of nitrogens with zero attached hydrogens (tertiary/aromatic N) is 6. The summed E-state index contributed by atoms with van der Waals surface area (Å²) in [5.74, 6) is -0.219. The third kappa shape index (κ3) is 8.69. The number of amides is 2. The first-order valence-electron chi connectivity index (χ1n) is 15.0. The summed E-state index contributed by atoms with van der Waals surface area (Å²) in [6, 6.07) is 11.2. The van der Waals surface area contributed by atoms with E-state index in [1.165, 1.54) is 0 Å². The number of hydrogen-bond donors (Lipinski definition) is 2. The van der Waals surface area contributed by atoms with Crippen LogP contribution in [0.5, 0.6) is 0 Å². The average molecular weight is 605 g/mol. The van der Waals surface area contributed by atoms with E-state index < -0.39 is 0 Å². The molecular formula is C31H40N8O5. The van der Waals surface area contributed by atoms with Crippen LogP contribution < -0.4 is 10.6 Å². The van der Waals surface area contributed by atoms with Crippen LogP contribution in [0.25, 0.3) is 16.9 Å². The molecule has 0 radical (unpaired) electrons. The molecule has 1 fully saturated rings. The molecule has 0 spiro atoms. The van der Waals surface area contributed by atoms with Gasteiger partial charge < -0.3 is 29.2 Å². The highest BCUT2D eigenvalue weighted by Gasteiger charge is 2.15. The Labute approximate surface area is 256 Å². The zero-order chi connectivity index (χ0) is 30.7. The van der Waals surface area contributed by atoms with Crippen molar-refractivity contribution >= 4 is 23.1 Å². The lowest BCUT2D eigenvalue weighted by Crippen LogP contribution is -2.41. The lowest BCUT2D eigenvalue weighted by molar-refractivity contribution is -0.122. The van der Waals surface area contributed by atoms with E-state index in [1.807, 2.05) is 61.0 Å². The summed E-state index contributed by atoms with van der Waals surface area (Å²) in [6.45, 7) is 11.0. The normalized spacial score (nSPS) is 13.8. The molecule has 4 heterocycles. The third-order valence-electron chi connectivity index (χ3n) is 7.33. The van der Waals surface area contributed by atoms with Crippen LogP contribution in [-0.4, -0.2) is 107 Å². The summed E-state index contributed by atoms with van der Waals surface area (Å²) >= 11 is 0. The maximum absolute atomic E-state index is 12.9. The van der Waals surface area contributed by atoms with E-state index in [0.29, 0.717) is 62.8 Å². The number of benzene rings is 1. The van der Waals surface area contributed by atoms with Gasteiger partial charge in [-0.25, -0.2) is 9.67 Å².